The highest BCUT2D eigenvalue weighted by Gasteiger charge is 2.50. The number of benzene rings is 2. The van der Waals surface area contributed by atoms with Crippen LogP contribution in [0.5, 0.6) is 0 Å². The van der Waals surface area contributed by atoms with Gasteiger partial charge in [0.1, 0.15) is 12.1 Å². The highest BCUT2D eigenvalue weighted by Crippen LogP contribution is 2.29. The second-order valence-electron chi connectivity index (χ2n) is 8.88. The number of imide groups is 1. The van der Waals surface area contributed by atoms with E-state index in [4.69, 9.17) is 0 Å². The van der Waals surface area contributed by atoms with Gasteiger partial charge in [0.05, 0.1) is 11.5 Å². The van der Waals surface area contributed by atoms with Crippen LogP contribution >= 0.6 is 0 Å². The predicted molar refractivity (Wildman–Crippen MR) is 123 cm³/mol. The van der Waals surface area contributed by atoms with Gasteiger partial charge in [-0.05, 0) is 31.4 Å². The number of amides is 4. The minimum absolute atomic E-state index is 0.0187. The summed E-state index contributed by atoms with van der Waals surface area (Å²) in [6, 6.07) is 15.4. The summed E-state index contributed by atoms with van der Waals surface area (Å²) < 4.78 is 24.1. The Labute approximate surface area is 193 Å². The van der Waals surface area contributed by atoms with Crippen molar-refractivity contribution in [2.45, 2.75) is 38.4 Å². The van der Waals surface area contributed by atoms with E-state index in [1.54, 1.807) is 19.1 Å². The zero-order valence-electron chi connectivity index (χ0n) is 18.7. The molecule has 2 aromatic rings. The first-order valence-electron chi connectivity index (χ1n) is 10.8. The molecule has 2 aliphatic rings. The van der Waals surface area contributed by atoms with E-state index in [0.717, 1.165) is 16.0 Å². The summed E-state index contributed by atoms with van der Waals surface area (Å²) in [4.78, 5) is 41.7. The van der Waals surface area contributed by atoms with Gasteiger partial charge >= 0.3 is 6.03 Å². The molecule has 0 bridgehead atoms. The molecule has 4 rings (SSSR count). The Hall–Kier alpha value is -3.20. The van der Waals surface area contributed by atoms with Crippen molar-refractivity contribution in [3.05, 3.63) is 71.3 Å². The molecule has 2 atom stereocenters. The molecule has 2 heterocycles. The van der Waals surface area contributed by atoms with E-state index in [9.17, 15) is 22.8 Å². The van der Waals surface area contributed by atoms with E-state index in [-0.39, 0.29) is 18.1 Å². The van der Waals surface area contributed by atoms with Gasteiger partial charge in [0.25, 0.3) is 5.91 Å². The third-order valence-corrected chi connectivity index (χ3v) is 8.11. The molecule has 0 unspecified atom stereocenters. The summed E-state index contributed by atoms with van der Waals surface area (Å²) in [6.45, 7) is 3.30. The lowest BCUT2D eigenvalue weighted by Crippen LogP contribution is -2.48. The fraction of sp³-hybridized carbons (Fsp3) is 0.375. The van der Waals surface area contributed by atoms with Gasteiger partial charge < -0.3 is 10.2 Å². The number of nitrogens with zero attached hydrogens (tertiary/aromatic N) is 2. The molecule has 9 heteroatoms. The summed E-state index contributed by atoms with van der Waals surface area (Å²) in [7, 11) is -3.23. The first kappa shape index (κ1) is 23.0. The first-order chi connectivity index (χ1) is 15.6. The number of hydrogen-bond donors (Lipinski definition) is 1. The van der Waals surface area contributed by atoms with Crippen LogP contribution in [0.4, 0.5) is 4.79 Å². The number of carbonyl (C=O) groups is 3. The molecular formula is C24H27N3O5S. The Morgan fingerprint density at radius 3 is 2.39 bits per heavy atom. The lowest BCUT2D eigenvalue weighted by Gasteiger charge is -2.30. The predicted octanol–water partition coefficient (Wildman–Crippen LogP) is 1.98. The van der Waals surface area contributed by atoms with Gasteiger partial charge in [-0.1, -0.05) is 60.2 Å². The van der Waals surface area contributed by atoms with Crippen molar-refractivity contribution in [1.29, 1.82) is 0 Å². The van der Waals surface area contributed by atoms with Crippen molar-refractivity contribution in [1.82, 2.24) is 15.1 Å². The number of carbonyl (C=O) groups excluding carboxylic acids is 3. The summed E-state index contributed by atoms with van der Waals surface area (Å²) in [5.74, 6) is -1.07. The molecule has 8 nitrogen and oxygen atoms in total. The fourth-order valence-electron chi connectivity index (χ4n) is 4.37. The molecular weight excluding hydrogens is 442 g/mol. The summed E-state index contributed by atoms with van der Waals surface area (Å²) in [6.07, 6.45) is 0.335. The van der Waals surface area contributed by atoms with Gasteiger partial charge in [-0.25, -0.2) is 13.2 Å². The van der Waals surface area contributed by atoms with Gasteiger partial charge in [-0.3, -0.25) is 14.5 Å². The molecule has 1 N–H and O–H groups in total. The van der Waals surface area contributed by atoms with E-state index in [0.29, 0.717) is 12.0 Å². The number of hydrogen-bond acceptors (Lipinski definition) is 5. The Balaban J connectivity index is 1.56. The maximum atomic E-state index is 13.3. The second kappa shape index (κ2) is 8.62. The first-order valence-corrected chi connectivity index (χ1v) is 12.7. The van der Waals surface area contributed by atoms with Crippen LogP contribution in [0.1, 0.15) is 30.0 Å². The van der Waals surface area contributed by atoms with Crippen LogP contribution in [0.15, 0.2) is 54.6 Å². The molecule has 0 spiro atoms. The fourth-order valence-corrected chi connectivity index (χ4v) is 6.10. The number of nitrogens with one attached hydrogen (secondary N) is 1. The van der Waals surface area contributed by atoms with Gasteiger partial charge in [-0.15, -0.1) is 0 Å². The van der Waals surface area contributed by atoms with Gasteiger partial charge in [0, 0.05) is 12.6 Å². The highest BCUT2D eigenvalue weighted by atomic mass is 32.2. The van der Waals surface area contributed by atoms with E-state index in [1.807, 2.05) is 49.4 Å². The minimum atomic E-state index is -3.23. The third kappa shape index (κ3) is 4.64. The molecule has 174 valence electrons. The van der Waals surface area contributed by atoms with Crippen LogP contribution in [0.25, 0.3) is 0 Å². The van der Waals surface area contributed by atoms with E-state index in [2.05, 4.69) is 5.32 Å². The van der Waals surface area contributed by atoms with Gasteiger partial charge in [-0.2, -0.15) is 0 Å². The van der Waals surface area contributed by atoms with Crippen LogP contribution in [-0.4, -0.2) is 60.2 Å². The zero-order chi connectivity index (χ0) is 23.8. The van der Waals surface area contributed by atoms with Gasteiger partial charge in [0.15, 0.2) is 9.84 Å². The molecule has 2 fully saturated rings. The summed E-state index contributed by atoms with van der Waals surface area (Å²) in [5.41, 5.74) is 1.22. The van der Waals surface area contributed by atoms with E-state index >= 15 is 0 Å². The molecule has 0 saturated carbocycles. The van der Waals surface area contributed by atoms with Crippen LogP contribution in [0.3, 0.4) is 0 Å². The van der Waals surface area contributed by atoms with Crippen molar-refractivity contribution in [3.63, 3.8) is 0 Å². The average molecular weight is 470 g/mol. The lowest BCUT2D eigenvalue weighted by atomic mass is 9.91. The average Bonchev–Trinajstić information content (AvgIpc) is 3.24. The van der Waals surface area contributed by atoms with Crippen molar-refractivity contribution in [2.24, 2.45) is 0 Å². The molecule has 33 heavy (non-hydrogen) atoms. The maximum Gasteiger partial charge on any atom is 0.325 e. The molecule has 0 aliphatic carbocycles. The molecule has 2 saturated heterocycles. The quantitative estimate of drug-likeness (QED) is 0.652. The van der Waals surface area contributed by atoms with Crippen LogP contribution < -0.4 is 5.32 Å². The molecule has 0 aromatic heterocycles. The topological polar surface area (TPSA) is 104 Å². The monoisotopic (exact) mass is 469 g/mol. The largest absolute Gasteiger partial charge is 0.333 e. The third-order valence-electron chi connectivity index (χ3n) is 6.36. The van der Waals surface area contributed by atoms with Crippen molar-refractivity contribution < 1.29 is 22.8 Å². The Bertz CT molecular complexity index is 1180. The molecule has 2 aliphatic heterocycles. The number of aryl methyl sites for hydroxylation is 1. The van der Waals surface area contributed by atoms with E-state index in [1.165, 1.54) is 4.90 Å². The second-order valence-corrected chi connectivity index (χ2v) is 11.1. The van der Waals surface area contributed by atoms with Gasteiger partial charge in [0.2, 0.25) is 5.91 Å². The number of rotatable bonds is 6. The standard InChI is InChI=1S/C24H27N3O5S/c1-17-8-10-19(11-9-17)24(2)22(29)27(23(30)25-24)15-21(28)26(14-18-6-4-3-5-7-18)20-12-13-33(31,32)16-20/h3-11,20H,12-16H2,1-2H3,(H,25,30)/t20-,24+/m1/s1. The number of urea groups is 1. The molecule has 4 amide bonds. The van der Waals surface area contributed by atoms with Crippen LogP contribution in [0, 0.1) is 6.92 Å². The maximum absolute atomic E-state index is 13.3. The minimum Gasteiger partial charge on any atom is -0.333 e. The molecule has 2 aromatic carbocycles. The summed E-state index contributed by atoms with van der Waals surface area (Å²) >= 11 is 0. The SMILES string of the molecule is Cc1ccc([C@]2(C)NC(=O)N(CC(=O)N(Cc3ccccc3)[C@@H]3CCS(=O)(=O)C3)C2=O)cc1. The lowest BCUT2D eigenvalue weighted by molar-refractivity contribution is -0.140. The zero-order valence-corrected chi connectivity index (χ0v) is 19.5. The Morgan fingerprint density at radius 1 is 1.12 bits per heavy atom. The Morgan fingerprint density at radius 2 is 1.79 bits per heavy atom. The van der Waals surface area contributed by atoms with Crippen LogP contribution in [-0.2, 0) is 31.5 Å². The smallest absolute Gasteiger partial charge is 0.325 e. The summed E-state index contributed by atoms with van der Waals surface area (Å²) in [5, 5.41) is 2.71. The Kier molecular flexibility index (Phi) is 6.00. The number of sulfone groups is 1. The molecule has 0 radical (unpaired) electrons. The van der Waals surface area contributed by atoms with Crippen molar-refractivity contribution in [2.75, 3.05) is 18.1 Å². The van der Waals surface area contributed by atoms with E-state index < -0.39 is 45.8 Å². The highest BCUT2D eigenvalue weighted by molar-refractivity contribution is 7.91. The normalized spacial score (nSPS) is 24.1. The van der Waals surface area contributed by atoms with Crippen molar-refractivity contribution >= 4 is 27.7 Å². The van der Waals surface area contributed by atoms with Crippen LogP contribution in [0.2, 0.25) is 0 Å². The van der Waals surface area contributed by atoms with Crippen molar-refractivity contribution in [3.8, 4) is 0 Å².